The van der Waals surface area contributed by atoms with Crippen LogP contribution < -0.4 is 0 Å². The fourth-order valence-electron chi connectivity index (χ4n) is 12.5. The first-order valence-corrected chi connectivity index (χ1v) is 19.8. The van der Waals surface area contributed by atoms with Crippen LogP contribution in [0.25, 0.3) is 0 Å². The third kappa shape index (κ3) is 5.84. The summed E-state index contributed by atoms with van der Waals surface area (Å²) in [7, 11) is 0. The average molecular weight is 723 g/mol. The Morgan fingerprint density at radius 1 is 0.824 bits per heavy atom. The van der Waals surface area contributed by atoms with Crippen LogP contribution in [0.4, 0.5) is 0 Å². The largest absolute Gasteiger partial charge is 0.394 e. The van der Waals surface area contributed by atoms with Gasteiger partial charge in [-0.05, 0) is 98.7 Å². The maximum absolute atomic E-state index is 11.1. The number of aliphatic hydroxyl groups excluding tert-OH is 6. The van der Waals surface area contributed by atoms with Crippen molar-refractivity contribution < 1.29 is 59.1 Å². The molecule has 51 heavy (non-hydrogen) atoms. The van der Waals surface area contributed by atoms with Gasteiger partial charge < -0.3 is 59.1 Å². The Morgan fingerprint density at radius 3 is 2.33 bits per heavy atom. The fourth-order valence-corrected chi connectivity index (χ4v) is 12.5. The number of fused-ring (bicyclic) bond motifs is 7. The summed E-state index contributed by atoms with van der Waals surface area (Å²) in [5, 5.41) is 62.9. The maximum Gasteiger partial charge on any atom is 0.187 e. The number of hydrogen-bond donors (Lipinski definition) is 6. The van der Waals surface area contributed by atoms with Crippen molar-refractivity contribution in [1.29, 1.82) is 0 Å². The van der Waals surface area contributed by atoms with E-state index in [0.29, 0.717) is 41.9 Å². The highest BCUT2D eigenvalue weighted by atomic mass is 16.8. The van der Waals surface area contributed by atoms with E-state index in [1.165, 1.54) is 31.8 Å². The average Bonchev–Trinajstić information content (AvgIpc) is 3.56. The van der Waals surface area contributed by atoms with Crippen molar-refractivity contribution in [1.82, 2.24) is 0 Å². The first-order chi connectivity index (χ1) is 24.2. The van der Waals surface area contributed by atoms with Gasteiger partial charge in [-0.2, -0.15) is 0 Å². The van der Waals surface area contributed by atoms with Crippen LogP contribution in [-0.2, 0) is 28.4 Å². The summed E-state index contributed by atoms with van der Waals surface area (Å²) >= 11 is 0. The molecule has 0 unspecified atom stereocenters. The summed E-state index contributed by atoms with van der Waals surface area (Å²) in [6, 6.07) is 0. The van der Waals surface area contributed by atoms with Crippen molar-refractivity contribution in [2.45, 2.75) is 172 Å². The smallest absolute Gasteiger partial charge is 0.187 e. The lowest BCUT2D eigenvalue weighted by atomic mass is 9.47. The molecule has 0 amide bonds. The maximum atomic E-state index is 11.1. The summed E-state index contributed by atoms with van der Waals surface area (Å²) in [5.74, 6) is 2.92. The van der Waals surface area contributed by atoms with Gasteiger partial charge in [-0.15, -0.1) is 0 Å². The van der Waals surface area contributed by atoms with E-state index in [0.717, 1.165) is 38.7 Å². The highest BCUT2D eigenvalue weighted by Crippen LogP contribution is 2.70. The number of rotatable bonds is 5. The van der Waals surface area contributed by atoms with Gasteiger partial charge in [-0.1, -0.05) is 39.3 Å². The minimum Gasteiger partial charge on any atom is -0.394 e. The van der Waals surface area contributed by atoms with Gasteiger partial charge >= 0.3 is 0 Å². The first kappa shape index (κ1) is 37.2. The summed E-state index contributed by atoms with van der Waals surface area (Å²) in [6.45, 7) is 11.5. The van der Waals surface area contributed by atoms with Gasteiger partial charge in [0.1, 0.15) is 42.7 Å². The molecule has 0 radical (unpaired) electrons. The molecule has 0 bridgehead atoms. The van der Waals surface area contributed by atoms with Gasteiger partial charge in [0.15, 0.2) is 18.4 Å². The molecule has 0 aromatic carbocycles. The van der Waals surface area contributed by atoms with Gasteiger partial charge in [0, 0.05) is 12.3 Å². The topological polar surface area (TPSA) is 177 Å². The molecule has 6 N–H and O–H groups in total. The van der Waals surface area contributed by atoms with E-state index in [9.17, 15) is 30.6 Å². The van der Waals surface area contributed by atoms with Crippen molar-refractivity contribution in [3.63, 3.8) is 0 Å². The molecular weight excluding hydrogens is 660 g/mol. The molecule has 12 heteroatoms. The summed E-state index contributed by atoms with van der Waals surface area (Å²) in [4.78, 5) is 0. The van der Waals surface area contributed by atoms with E-state index in [4.69, 9.17) is 28.4 Å². The molecule has 7 fully saturated rings. The number of aliphatic hydroxyl groups is 6. The normalized spacial score (nSPS) is 58.4. The molecule has 4 aliphatic heterocycles. The molecule has 0 aromatic rings. The van der Waals surface area contributed by atoms with Crippen LogP contribution in [-0.4, -0.2) is 123 Å². The minimum absolute atomic E-state index is 0.0535. The van der Waals surface area contributed by atoms with Crippen molar-refractivity contribution in [3.8, 4) is 0 Å². The quantitative estimate of drug-likeness (QED) is 0.229. The van der Waals surface area contributed by atoms with Gasteiger partial charge in [-0.3, -0.25) is 0 Å². The van der Waals surface area contributed by atoms with Crippen molar-refractivity contribution in [2.75, 3.05) is 13.2 Å². The Morgan fingerprint density at radius 2 is 1.61 bits per heavy atom. The zero-order chi connectivity index (χ0) is 36.2. The summed E-state index contributed by atoms with van der Waals surface area (Å²) < 4.78 is 37.6. The van der Waals surface area contributed by atoms with Crippen LogP contribution in [0.2, 0.25) is 0 Å². The molecule has 8 rings (SSSR count). The van der Waals surface area contributed by atoms with Crippen LogP contribution in [0, 0.1) is 46.3 Å². The second kappa shape index (κ2) is 13.5. The van der Waals surface area contributed by atoms with Gasteiger partial charge in [0.05, 0.1) is 31.5 Å². The summed E-state index contributed by atoms with van der Waals surface area (Å²) in [6.07, 6.45) is -1.68. The van der Waals surface area contributed by atoms with E-state index in [1.807, 2.05) is 0 Å². The second-order valence-corrected chi connectivity index (χ2v) is 18.3. The molecule has 1 spiro atoms. The lowest BCUT2D eigenvalue weighted by Gasteiger charge is -2.58. The molecule has 3 saturated carbocycles. The Labute approximate surface area is 301 Å². The monoisotopic (exact) mass is 722 g/mol. The Balaban J connectivity index is 0.964. The SMILES string of the molecule is C[C@@H]1CC[C@@]2(OC1)O[C@H]1C[C@H]3[C@@H]4CC=C5C[C@@H](O[C@@H]6O[C@H](CO)[C@@H](O)[C@H](O)[C@H]6O[C@@H]6O[C@@H](C)[C@H](O)[C@@H](O)[C@H]6O)CC[C@@]5(C)[C@H]4CC[C@@]3(C)[C@H]1[C@@H]2C. The Hall–Kier alpha value is -0.740. The van der Waals surface area contributed by atoms with Gasteiger partial charge in [-0.25, -0.2) is 0 Å². The zero-order valence-electron chi connectivity index (χ0n) is 30.9. The lowest BCUT2D eigenvalue weighted by molar-refractivity contribution is -0.369. The van der Waals surface area contributed by atoms with Crippen molar-refractivity contribution in [2.24, 2.45) is 46.3 Å². The van der Waals surface area contributed by atoms with Crippen LogP contribution in [0.5, 0.6) is 0 Å². The minimum atomic E-state index is -1.61. The van der Waals surface area contributed by atoms with Crippen LogP contribution in [0.1, 0.15) is 92.4 Å². The van der Waals surface area contributed by atoms with Crippen LogP contribution in [0.3, 0.4) is 0 Å². The van der Waals surface area contributed by atoms with Gasteiger partial charge in [0.2, 0.25) is 0 Å². The number of ether oxygens (including phenoxy) is 6. The first-order valence-electron chi connectivity index (χ1n) is 19.8. The predicted molar refractivity (Wildman–Crippen MR) is 182 cm³/mol. The fraction of sp³-hybridized carbons (Fsp3) is 0.949. The van der Waals surface area contributed by atoms with E-state index in [-0.39, 0.29) is 23.0 Å². The standard InChI is InChI=1S/C39H62O12/c1-18-8-13-39(46-17-18)19(2)28-26(51-39)15-25-23-7-6-21-14-22(9-11-37(21,4)24(23)10-12-38(25,28)5)48-36-34(32(44)30(42)27(16-40)49-36)50-35-33(45)31(43)29(41)20(3)47-35/h6,18-20,22-36,40-45H,7-17H2,1-5H3/t18-,19+,20+,22+,23-,24+,25+,26+,27-,28+,29+,30-,31-,32+,33-,34-,35+,36-,37-,38-,39-/m1/s1. The molecule has 4 saturated heterocycles. The molecule has 12 nitrogen and oxygen atoms in total. The third-order valence-electron chi connectivity index (χ3n) is 15.6. The van der Waals surface area contributed by atoms with Crippen molar-refractivity contribution in [3.05, 3.63) is 11.6 Å². The highest BCUT2D eigenvalue weighted by Gasteiger charge is 2.68. The zero-order valence-corrected chi connectivity index (χ0v) is 30.9. The molecule has 4 aliphatic carbocycles. The number of allylic oxidation sites excluding steroid dienone is 1. The molecule has 4 heterocycles. The molecular formula is C39H62O12. The van der Waals surface area contributed by atoms with Crippen LogP contribution >= 0.6 is 0 Å². The molecule has 0 aromatic heterocycles. The molecule has 8 aliphatic rings. The molecule has 21 atom stereocenters. The third-order valence-corrected chi connectivity index (χ3v) is 15.6. The Kier molecular flexibility index (Phi) is 9.83. The van der Waals surface area contributed by atoms with E-state index < -0.39 is 73.8 Å². The van der Waals surface area contributed by atoms with Crippen molar-refractivity contribution >= 4 is 0 Å². The molecule has 290 valence electrons. The van der Waals surface area contributed by atoms with E-state index >= 15 is 0 Å². The van der Waals surface area contributed by atoms with E-state index in [1.54, 1.807) is 0 Å². The number of hydrogen-bond acceptors (Lipinski definition) is 12. The Bertz CT molecular complexity index is 1300. The van der Waals surface area contributed by atoms with Crippen LogP contribution in [0.15, 0.2) is 11.6 Å². The van der Waals surface area contributed by atoms with E-state index in [2.05, 4.69) is 33.8 Å². The highest BCUT2D eigenvalue weighted by molar-refractivity contribution is 5.26. The summed E-state index contributed by atoms with van der Waals surface area (Å²) in [5.41, 5.74) is 1.70. The van der Waals surface area contributed by atoms with Gasteiger partial charge in [0.25, 0.3) is 0 Å². The lowest BCUT2D eigenvalue weighted by Crippen LogP contribution is -2.64. The second-order valence-electron chi connectivity index (χ2n) is 18.3. The predicted octanol–water partition coefficient (Wildman–Crippen LogP) is 2.39.